The van der Waals surface area contributed by atoms with Gasteiger partial charge < -0.3 is 15.2 Å². The number of rotatable bonds is 7. The van der Waals surface area contributed by atoms with Crippen LogP contribution in [-0.4, -0.2) is 19.8 Å². The Hall–Kier alpha value is -1.48. The fourth-order valence-electron chi connectivity index (χ4n) is 1.61. The molecule has 1 rings (SSSR count). The van der Waals surface area contributed by atoms with Gasteiger partial charge in [-0.3, -0.25) is 0 Å². The normalized spacial score (nSPS) is 12.0. The van der Waals surface area contributed by atoms with E-state index in [4.69, 9.17) is 15.2 Å². The number of ether oxygens (including phenoxy) is 2. The van der Waals surface area contributed by atoms with E-state index in [2.05, 4.69) is 13.5 Å². The molecule has 0 aliphatic heterocycles. The molecule has 3 nitrogen and oxygen atoms in total. The predicted octanol–water partition coefficient (Wildman–Crippen LogP) is 2.93. The van der Waals surface area contributed by atoms with Crippen molar-refractivity contribution in [1.29, 1.82) is 0 Å². The van der Waals surface area contributed by atoms with Crippen molar-refractivity contribution in [3.8, 4) is 11.5 Å². The monoisotopic (exact) mass is 249 g/mol. The first-order valence-corrected chi connectivity index (χ1v) is 6.28. The molecule has 1 aromatic rings. The number of hydrogen-bond acceptors (Lipinski definition) is 3. The fourth-order valence-corrected chi connectivity index (χ4v) is 1.61. The molecule has 0 radical (unpaired) electrons. The first kappa shape index (κ1) is 14.6. The lowest BCUT2D eigenvalue weighted by molar-refractivity contribution is 0.343. The third-order valence-corrected chi connectivity index (χ3v) is 2.74. The van der Waals surface area contributed by atoms with Crippen LogP contribution in [0.1, 0.15) is 25.8 Å². The van der Waals surface area contributed by atoms with Crippen LogP contribution in [0.25, 0.3) is 0 Å². The van der Waals surface area contributed by atoms with Crippen LogP contribution in [0.3, 0.4) is 0 Å². The van der Waals surface area contributed by atoms with Gasteiger partial charge in [-0.2, -0.15) is 0 Å². The van der Waals surface area contributed by atoms with Crippen LogP contribution in [0.4, 0.5) is 0 Å². The highest BCUT2D eigenvalue weighted by Crippen LogP contribution is 2.25. The maximum Gasteiger partial charge on any atom is 0.123 e. The summed E-state index contributed by atoms with van der Waals surface area (Å²) in [7, 11) is 1.66. The molecule has 3 heteroatoms. The summed E-state index contributed by atoms with van der Waals surface area (Å²) < 4.78 is 11.0. The van der Waals surface area contributed by atoms with Crippen LogP contribution in [0, 0.1) is 0 Å². The second-order valence-corrected chi connectivity index (χ2v) is 4.55. The van der Waals surface area contributed by atoms with Crippen molar-refractivity contribution in [1.82, 2.24) is 0 Å². The smallest absolute Gasteiger partial charge is 0.123 e. The number of nitrogens with two attached hydrogens (primary N) is 1. The van der Waals surface area contributed by atoms with Crippen LogP contribution >= 0.6 is 0 Å². The number of hydrogen-bond donors (Lipinski definition) is 1. The third kappa shape index (κ3) is 4.41. The molecule has 0 saturated carbocycles. The maximum absolute atomic E-state index is 5.85. The van der Waals surface area contributed by atoms with Gasteiger partial charge in [0.1, 0.15) is 18.1 Å². The van der Waals surface area contributed by atoms with Gasteiger partial charge in [0.2, 0.25) is 0 Å². The number of methoxy groups -OCH3 is 1. The average molecular weight is 249 g/mol. The minimum Gasteiger partial charge on any atom is -0.497 e. The lowest BCUT2D eigenvalue weighted by Gasteiger charge is -2.15. The van der Waals surface area contributed by atoms with Crippen molar-refractivity contribution in [3.05, 3.63) is 35.9 Å². The van der Waals surface area contributed by atoms with E-state index in [-0.39, 0.29) is 6.04 Å². The highest BCUT2D eigenvalue weighted by Gasteiger charge is 2.08. The van der Waals surface area contributed by atoms with E-state index in [1.807, 2.05) is 25.1 Å². The molecular weight excluding hydrogens is 226 g/mol. The van der Waals surface area contributed by atoms with Gasteiger partial charge in [-0.25, -0.2) is 0 Å². The standard InChI is InChI=1S/C15H23NO2/c1-5-11(2)10-18-15-7-6-14(17-4)9-13(15)8-12(3)16/h6-7,9,12H,2,5,8,10,16H2,1,3-4H3. The van der Waals surface area contributed by atoms with Gasteiger partial charge in [0.15, 0.2) is 0 Å². The quantitative estimate of drug-likeness (QED) is 0.756. The van der Waals surface area contributed by atoms with E-state index in [1.54, 1.807) is 7.11 Å². The Bertz CT molecular complexity index is 399. The van der Waals surface area contributed by atoms with E-state index in [0.29, 0.717) is 6.61 Å². The molecule has 0 heterocycles. The summed E-state index contributed by atoms with van der Waals surface area (Å²) in [5.74, 6) is 1.69. The minimum atomic E-state index is 0.0915. The summed E-state index contributed by atoms with van der Waals surface area (Å²) in [6.07, 6.45) is 1.70. The Morgan fingerprint density at radius 1 is 1.44 bits per heavy atom. The maximum atomic E-state index is 5.85. The van der Waals surface area contributed by atoms with Gasteiger partial charge in [0.05, 0.1) is 7.11 Å². The van der Waals surface area contributed by atoms with Gasteiger partial charge in [-0.15, -0.1) is 0 Å². The summed E-state index contributed by atoms with van der Waals surface area (Å²) >= 11 is 0. The summed E-state index contributed by atoms with van der Waals surface area (Å²) in [5.41, 5.74) is 8.01. The first-order valence-electron chi connectivity index (χ1n) is 6.28. The average Bonchev–Trinajstić information content (AvgIpc) is 2.36. The SMILES string of the molecule is C=C(CC)COc1ccc(OC)cc1CC(C)N. The molecule has 0 bridgehead atoms. The zero-order chi connectivity index (χ0) is 13.5. The summed E-state index contributed by atoms with van der Waals surface area (Å²) in [4.78, 5) is 0. The van der Waals surface area contributed by atoms with Crippen LogP contribution in [0.15, 0.2) is 30.4 Å². The van der Waals surface area contributed by atoms with Crippen molar-refractivity contribution in [2.75, 3.05) is 13.7 Å². The van der Waals surface area contributed by atoms with Crippen molar-refractivity contribution < 1.29 is 9.47 Å². The summed E-state index contributed by atoms with van der Waals surface area (Å²) in [6.45, 7) is 8.54. The lowest BCUT2D eigenvalue weighted by atomic mass is 10.1. The third-order valence-electron chi connectivity index (χ3n) is 2.74. The van der Waals surface area contributed by atoms with Gasteiger partial charge in [0, 0.05) is 6.04 Å². The Balaban J connectivity index is 2.84. The van der Waals surface area contributed by atoms with Crippen molar-refractivity contribution in [2.45, 2.75) is 32.7 Å². The molecule has 100 valence electrons. The van der Waals surface area contributed by atoms with Crippen molar-refractivity contribution in [3.63, 3.8) is 0 Å². The Labute approximate surface area is 110 Å². The molecule has 1 atom stereocenters. The second-order valence-electron chi connectivity index (χ2n) is 4.55. The molecule has 18 heavy (non-hydrogen) atoms. The summed E-state index contributed by atoms with van der Waals surface area (Å²) in [6, 6.07) is 5.90. The number of benzene rings is 1. The zero-order valence-electron chi connectivity index (χ0n) is 11.5. The minimum absolute atomic E-state index is 0.0915. The van der Waals surface area contributed by atoms with Crippen molar-refractivity contribution >= 4 is 0 Å². The molecule has 1 unspecified atom stereocenters. The summed E-state index contributed by atoms with van der Waals surface area (Å²) in [5, 5.41) is 0. The van der Waals surface area contributed by atoms with Gasteiger partial charge in [-0.1, -0.05) is 13.5 Å². The van der Waals surface area contributed by atoms with E-state index >= 15 is 0 Å². The highest BCUT2D eigenvalue weighted by molar-refractivity contribution is 5.41. The highest BCUT2D eigenvalue weighted by atomic mass is 16.5. The Morgan fingerprint density at radius 2 is 2.17 bits per heavy atom. The van der Waals surface area contributed by atoms with Crippen LogP contribution in [0.2, 0.25) is 0 Å². The van der Waals surface area contributed by atoms with E-state index in [0.717, 1.165) is 35.5 Å². The van der Waals surface area contributed by atoms with Crippen molar-refractivity contribution in [2.24, 2.45) is 5.73 Å². The molecule has 0 saturated heterocycles. The molecule has 0 aliphatic rings. The first-order chi connectivity index (χ1) is 8.56. The van der Waals surface area contributed by atoms with E-state index in [1.165, 1.54) is 0 Å². The molecule has 2 N–H and O–H groups in total. The Kier molecular flexibility index (Phi) is 5.72. The Morgan fingerprint density at radius 3 is 2.72 bits per heavy atom. The topological polar surface area (TPSA) is 44.5 Å². The predicted molar refractivity (Wildman–Crippen MR) is 75.3 cm³/mol. The van der Waals surface area contributed by atoms with E-state index < -0.39 is 0 Å². The van der Waals surface area contributed by atoms with Crippen LogP contribution in [0.5, 0.6) is 11.5 Å². The fraction of sp³-hybridized carbons (Fsp3) is 0.467. The molecule has 0 spiro atoms. The second kappa shape index (κ2) is 7.07. The zero-order valence-corrected chi connectivity index (χ0v) is 11.5. The van der Waals surface area contributed by atoms with Crippen LogP contribution in [-0.2, 0) is 6.42 Å². The van der Waals surface area contributed by atoms with Crippen LogP contribution < -0.4 is 15.2 Å². The van der Waals surface area contributed by atoms with Gasteiger partial charge in [-0.05, 0) is 49.1 Å². The molecule has 0 aliphatic carbocycles. The van der Waals surface area contributed by atoms with Gasteiger partial charge >= 0.3 is 0 Å². The molecule has 0 amide bonds. The van der Waals surface area contributed by atoms with Gasteiger partial charge in [0.25, 0.3) is 0 Å². The molecule has 0 fully saturated rings. The van der Waals surface area contributed by atoms with E-state index in [9.17, 15) is 0 Å². The molecule has 0 aromatic heterocycles. The molecular formula is C15H23NO2. The lowest BCUT2D eigenvalue weighted by Crippen LogP contribution is -2.18. The molecule has 1 aromatic carbocycles. The largest absolute Gasteiger partial charge is 0.497 e.